The topological polar surface area (TPSA) is 96.9 Å². The first kappa shape index (κ1) is 28.3. The average Bonchev–Trinajstić information content (AvgIpc) is 2.60. The number of amides is 1. The maximum Gasteiger partial charge on any atom is 0.407 e. The molecule has 0 rings (SSSR count). The lowest BCUT2D eigenvalue weighted by Crippen LogP contribution is -2.37. The SMILES string of the molecule is CCCCCCCCCCC(COP(=O)([O-])OCC[N+](C)(C)C)OC(=O)NCC. The van der Waals surface area contributed by atoms with Gasteiger partial charge in [0, 0.05) is 6.54 Å². The molecule has 2 atom stereocenters. The van der Waals surface area contributed by atoms with E-state index < -0.39 is 20.0 Å². The highest BCUT2D eigenvalue weighted by Gasteiger charge is 2.19. The molecule has 0 aromatic rings. The molecule has 1 N–H and O–H groups in total. The monoisotopic (exact) mass is 438 g/mol. The van der Waals surface area contributed by atoms with Crippen LogP contribution in [-0.4, -0.2) is 64.1 Å². The third-order valence-corrected chi connectivity index (χ3v) is 5.37. The fourth-order valence-corrected chi connectivity index (χ4v) is 3.39. The third-order valence-electron chi connectivity index (χ3n) is 4.40. The van der Waals surface area contributed by atoms with Crippen molar-refractivity contribution in [1.82, 2.24) is 5.32 Å². The van der Waals surface area contributed by atoms with Gasteiger partial charge in [0.15, 0.2) is 0 Å². The molecule has 0 aromatic carbocycles. The van der Waals surface area contributed by atoms with Crippen LogP contribution in [0.3, 0.4) is 0 Å². The summed E-state index contributed by atoms with van der Waals surface area (Å²) < 4.78 is 27.7. The Morgan fingerprint density at radius 2 is 1.59 bits per heavy atom. The Morgan fingerprint density at radius 3 is 2.14 bits per heavy atom. The molecule has 0 aliphatic heterocycles. The molecule has 0 aromatic heterocycles. The standard InChI is InChI=1S/C20H43N2O6P/c1-6-8-9-10-11-12-13-14-15-19(28-20(23)21-7-2)18-27-29(24,25)26-17-16-22(3,4)5/h19H,6-18H2,1-5H3,(H-,21,23,24,25). The van der Waals surface area contributed by atoms with Gasteiger partial charge in [-0.3, -0.25) is 4.57 Å². The van der Waals surface area contributed by atoms with Crippen LogP contribution in [0.4, 0.5) is 4.79 Å². The Labute approximate surface area is 177 Å². The second kappa shape index (κ2) is 16.1. The molecule has 0 saturated carbocycles. The lowest BCUT2D eigenvalue weighted by Gasteiger charge is -2.28. The highest BCUT2D eigenvalue weighted by Crippen LogP contribution is 2.38. The van der Waals surface area contributed by atoms with E-state index in [4.69, 9.17) is 13.8 Å². The van der Waals surface area contributed by atoms with Crippen molar-refractivity contribution in [2.75, 3.05) is 47.4 Å². The van der Waals surface area contributed by atoms with Crippen LogP contribution in [0, 0.1) is 0 Å². The Bertz CT molecular complexity index is 470. The highest BCUT2D eigenvalue weighted by atomic mass is 31.2. The van der Waals surface area contributed by atoms with E-state index in [0.29, 0.717) is 24.0 Å². The van der Waals surface area contributed by atoms with E-state index in [-0.39, 0.29) is 13.2 Å². The number of rotatable bonds is 18. The van der Waals surface area contributed by atoms with Gasteiger partial charge in [0.25, 0.3) is 7.82 Å². The van der Waals surface area contributed by atoms with E-state index in [1.54, 1.807) is 6.92 Å². The number of ether oxygens (including phenoxy) is 1. The van der Waals surface area contributed by atoms with E-state index in [9.17, 15) is 14.3 Å². The van der Waals surface area contributed by atoms with E-state index >= 15 is 0 Å². The molecule has 174 valence electrons. The van der Waals surface area contributed by atoms with Crippen LogP contribution < -0.4 is 10.2 Å². The molecule has 8 nitrogen and oxygen atoms in total. The van der Waals surface area contributed by atoms with Crippen molar-refractivity contribution in [2.24, 2.45) is 0 Å². The van der Waals surface area contributed by atoms with Crippen molar-refractivity contribution < 1.29 is 32.5 Å². The number of nitrogens with one attached hydrogen (secondary N) is 1. The number of phosphoric acid groups is 1. The number of quaternary nitrogens is 1. The van der Waals surface area contributed by atoms with Gasteiger partial charge in [-0.2, -0.15) is 0 Å². The summed E-state index contributed by atoms with van der Waals surface area (Å²) in [6.45, 7) is 4.79. The summed E-state index contributed by atoms with van der Waals surface area (Å²) in [4.78, 5) is 23.7. The van der Waals surface area contributed by atoms with Crippen LogP contribution in [0.15, 0.2) is 0 Å². The number of unbranched alkanes of at least 4 members (excludes halogenated alkanes) is 7. The molecule has 0 bridgehead atoms. The van der Waals surface area contributed by atoms with E-state index in [1.807, 2.05) is 21.1 Å². The number of likely N-dealkylation sites (N-methyl/N-ethyl adjacent to an activating group) is 1. The largest absolute Gasteiger partial charge is 0.756 e. The molecule has 1 amide bonds. The molecule has 0 spiro atoms. The van der Waals surface area contributed by atoms with Crippen molar-refractivity contribution in [3.05, 3.63) is 0 Å². The molecule has 9 heteroatoms. The molecular weight excluding hydrogens is 395 g/mol. The quantitative estimate of drug-likeness (QED) is 0.198. The van der Waals surface area contributed by atoms with E-state index in [1.165, 1.54) is 32.1 Å². The van der Waals surface area contributed by atoms with Gasteiger partial charge in [-0.05, 0) is 19.8 Å². The maximum absolute atomic E-state index is 12.0. The minimum atomic E-state index is -4.42. The number of carbonyl (C=O) groups excluding carboxylic acids is 1. The summed E-state index contributed by atoms with van der Waals surface area (Å²) >= 11 is 0. The highest BCUT2D eigenvalue weighted by molar-refractivity contribution is 7.45. The van der Waals surface area contributed by atoms with Crippen LogP contribution in [0.5, 0.6) is 0 Å². The van der Waals surface area contributed by atoms with E-state index in [0.717, 1.165) is 19.3 Å². The first-order valence-corrected chi connectivity index (χ1v) is 12.4. The Morgan fingerprint density at radius 1 is 1.00 bits per heavy atom. The normalized spacial score (nSPS) is 15.0. The fraction of sp³-hybridized carbons (Fsp3) is 0.950. The minimum absolute atomic E-state index is 0.0458. The third kappa shape index (κ3) is 19.1. The van der Waals surface area contributed by atoms with Gasteiger partial charge in [-0.25, -0.2) is 4.79 Å². The minimum Gasteiger partial charge on any atom is -0.756 e. The molecular formula is C20H43N2O6P. The van der Waals surface area contributed by atoms with Crippen LogP contribution in [0.25, 0.3) is 0 Å². The van der Waals surface area contributed by atoms with E-state index in [2.05, 4.69) is 12.2 Å². The molecule has 0 heterocycles. The molecule has 0 aliphatic rings. The lowest BCUT2D eigenvalue weighted by atomic mass is 10.1. The number of phosphoric ester groups is 1. The summed E-state index contributed by atoms with van der Waals surface area (Å²) in [5.41, 5.74) is 0. The summed E-state index contributed by atoms with van der Waals surface area (Å²) in [6.07, 6.45) is 8.64. The molecule has 29 heavy (non-hydrogen) atoms. The van der Waals surface area contributed by atoms with Crippen LogP contribution >= 0.6 is 7.82 Å². The van der Waals surface area contributed by atoms with Gasteiger partial charge in [0.2, 0.25) is 0 Å². The maximum atomic E-state index is 12.0. The molecule has 0 radical (unpaired) electrons. The number of hydrogen-bond acceptors (Lipinski definition) is 6. The first-order valence-electron chi connectivity index (χ1n) is 10.9. The van der Waals surface area contributed by atoms with Gasteiger partial charge < -0.3 is 28.5 Å². The second-order valence-corrected chi connectivity index (χ2v) is 9.82. The van der Waals surface area contributed by atoms with Crippen molar-refractivity contribution in [3.8, 4) is 0 Å². The lowest BCUT2D eigenvalue weighted by molar-refractivity contribution is -0.870. The number of nitrogens with zero attached hydrogens (tertiary/aromatic N) is 1. The van der Waals surface area contributed by atoms with Gasteiger partial charge in [-0.1, -0.05) is 51.9 Å². The average molecular weight is 439 g/mol. The van der Waals surface area contributed by atoms with Gasteiger partial charge in [-0.15, -0.1) is 0 Å². The van der Waals surface area contributed by atoms with Crippen LogP contribution in [0.1, 0.15) is 71.6 Å². The van der Waals surface area contributed by atoms with Crippen LogP contribution in [-0.2, 0) is 18.3 Å². The molecule has 0 fully saturated rings. The van der Waals surface area contributed by atoms with Crippen molar-refractivity contribution in [1.29, 1.82) is 0 Å². The molecule has 0 saturated heterocycles. The summed E-state index contributed by atoms with van der Waals surface area (Å²) in [7, 11) is 1.41. The van der Waals surface area contributed by atoms with Gasteiger partial charge >= 0.3 is 6.09 Å². The van der Waals surface area contributed by atoms with Crippen molar-refractivity contribution in [2.45, 2.75) is 77.7 Å². The van der Waals surface area contributed by atoms with Crippen molar-refractivity contribution in [3.63, 3.8) is 0 Å². The zero-order valence-corrected chi connectivity index (χ0v) is 20.0. The Balaban J connectivity index is 4.31. The molecule has 2 unspecified atom stereocenters. The zero-order chi connectivity index (χ0) is 22.2. The van der Waals surface area contributed by atoms with Gasteiger partial charge in [0.05, 0.1) is 27.7 Å². The van der Waals surface area contributed by atoms with Gasteiger partial charge in [0.1, 0.15) is 19.3 Å². The smallest absolute Gasteiger partial charge is 0.407 e. The predicted molar refractivity (Wildman–Crippen MR) is 114 cm³/mol. The Kier molecular flexibility index (Phi) is 15.7. The summed E-state index contributed by atoms with van der Waals surface area (Å²) in [6, 6.07) is 0. The number of carbonyl (C=O) groups is 1. The zero-order valence-electron chi connectivity index (χ0n) is 19.1. The number of hydrogen-bond donors (Lipinski definition) is 1. The summed E-state index contributed by atoms with van der Waals surface area (Å²) in [5.74, 6) is 0. The molecule has 0 aliphatic carbocycles. The van der Waals surface area contributed by atoms with Crippen molar-refractivity contribution >= 4 is 13.9 Å². The first-order chi connectivity index (χ1) is 13.6. The summed E-state index contributed by atoms with van der Waals surface area (Å²) in [5, 5.41) is 2.56. The predicted octanol–water partition coefficient (Wildman–Crippen LogP) is 3.84. The fourth-order valence-electron chi connectivity index (χ4n) is 2.66. The number of alkyl carbamates (subject to hydrolysis) is 1. The Hall–Kier alpha value is -0.660. The second-order valence-electron chi connectivity index (χ2n) is 8.41. The van der Waals surface area contributed by atoms with Crippen LogP contribution in [0.2, 0.25) is 0 Å².